The van der Waals surface area contributed by atoms with Gasteiger partial charge in [-0.3, -0.25) is 0 Å². The Morgan fingerprint density at radius 1 is 1.54 bits per heavy atom. The van der Waals surface area contributed by atoms with Crippen LogP contribution in [-0.4, -0.2) is 30.1 Å². The molecule has 1 rings (SSSR count). The Hall–Kier alpha value is 0.01000. The molecule has 0 saturated heterocycles. The van der Waals surface area contributed by atoms with Gasteiger partial charge in [-0.25, -0.2) is 0 Å². The van der Waals surface area contributed by atoms with Crippen LogP contribution in [0.25, 0.3) is 0 Å². The number of hydrogen-bond acceptors (Lipinski definition) is 3. The van der Waals surface area contributed by atoms with Crippen molar-refractivity contribution in [1.29, 1.82) is 0 Å². The van der Waals surface area contributed by atoms with Gasteiger partial charge in [0.2, 0.25) is 0 Å². The summed E-state index contributed by atoms with van der Waals surface area (Å²) in [6.07, 6.45) is 5.56. The quantitative estimate of drug-likeness (QED) is 0.502. The normalized spacial score (nSPS) is 27.8. The van der Waals surface area contributed by atoms with Crippen molar-refractivity contribution in [3.63, 3.8) is 0 Å². The Kier molecular flexibility index (Phi) is 5.51. The van der Waals surface area contributed by atoms with Crippen molar-refractivity contribution in [2.75, 3.05) is 18.1 Å². The van der Waals surface area contributed by atoms with Gasteiger partial charge in [-0.1, -0.05) is 6.08 Å². The van der Waals surface area contributed by atoms with Crippen LogP contribution in [0.3, 0.4) is 0 Å². The minimum Gasteiger partial charge on any atom is -0.328 e. The minimum atomic E-state index is 0.443. The summed E-state index contributed by atoms with van der Waals surface area (Å²) < 4.78 is 0. The maximum absolute atomic E-state index is 5.82. The molecular formula is C10H20N2S. The Morgan fingerprint density at radius 2 is 2.38 bits per heavy atom. The van der Waals surface area contributed by atoms with Gasteiger partial charge in [0.1, 0.15) is 0 Å². The van der Waals surface area contributed by atoms with Crippen LogP contribution >= 0.6 is 11.8 Å². The van der Waals surface area contributed by atoms with Gasteiger partial charge in [0.15, 0.2) is 0 Å². The van der Waals surface area contributed by atoms with Gasteiger partial charge in [0, 0.05) is 30.1 Å². The van der Waals surface area contributed by atoms with Gasteiger partial charge in [-0.15, -0.1) is 6.58 Å². The molecule has 0 aromatic heterocycles. The van der Waals surface area contributed by atoms with E-state index in [-0.39, 0.29) is 0 Å². The van der Waals surface area contributed by atoms with E-state index in [1.807, 2.05) is 17.8 Å². The third-order valence-corrected chi connectivity index (χ3v) is 3.35. The average Bonchev–Trinajstić information content (AvgIpc) is 2.51. The summed E-state index contributed by atoms with van der Waals surface area (Å²) >= 11 is 1.93. The van der Waals surface area contributed by atoms with Crippen LogP contribution in [0.5, 0.6) is 0 Å². The summed E-state index contributed by atoms with van der Waals surface area (Å²) in [7, 11) is 0. The van der Waals surface area contributed by atoms with Crippen LogP contribution in [0.15, 0.2) is 12.7 Å². The van der Waals surface area contributed by atoms with E-state index >= 15 is 0 Å². The van der Waals surface area contributed by atoms with Crippen LogP contribution in [-0.2, 0) is 0 Å². The summed E-state index contributed by atoms with van der Waals surface area (Å²) in [4.78, 5) is 0. The Balaban J connectivity index is 1.91. The molecule has 0 bridgehead atoms. The van der Waals surface area contributed by atoms with E-state index < -0.39 is 0 Å². The molecule has 2 nitrogen and oxygen atoms in total. The first-order valence-corrected chi connectivity index (χ1v) is 6.16. The van der Waals surface area contributed by atoms with Gasteiger partial charge >= 0.3 is 0 Å². The Labute approximate surface area is 85.3 Å². The summed E-state index contributed by atoms with van der Waals surface area (Å²) in [5.74, 6) is 2.24. The molecule has 3 N–H and O–H groups in total. The van der Waals surface area contributed by atoms with Gasteiger partial charge in [-0.05, 0) is 19.3 Å². The zero-order valence-corrected chi connectivity index (χ0v) is 8.98. The lowest BCUT2D eigenvalue weighted by atomic mass is 10.2. The van der Waals surface area contributed by atoms with Crippen molar-refractivity contribution in [3.8, 4) is 0 Å². The van der Waals surface area contributed by atoms with Crippen molar-refractivity contribution in [3.05, 3.63) is 12.7 Å². The molecule has 0 heterocycles. The molecule has 0 radical (unpaired) electrons. The first-order valence-electron chi connectivity index (χ1n) is 5.00. The molecule has 1 saturated carbocycles. The molecule has 0 aliphatic heterocycles. The van der Waals surface area contributed by atoms with E-state index in [1.54, 1.807) is 0 Å². The molecule has 0 aromatic rings. The SMILES string of the molecule is C=CCSCCNC1CCC(N)C1. The highest BCUT2D eigenvalue weighted by molar-refractivity contribution is 7.99. The molecule has 2 atom stereocenters. The van der Waals surface area contributed by atoms with Gasteiger partial charge < -0.3 is 11.1 Å². The second-order valence-corrected chi connectivity index (χ2v) is 4.74. The molecule has 0 spiro atoms. The summed E-state index contributed by atoms with van der Waals surface area (Å²) in [5.41, 5.74) is 5.82. The van der Waals surface area contributed by atoms with E-state index in [0.29, 0.717) is 12.1 Å². The van der Waals surface area contributed by atoms with Crippen molar-refractivity contribution in [1.82, 2.24) is 5.32 Å². The number of hydrogen-bond donors (Lipinski definition) is 2. The molecule has 1 aliphatic rings. The standard InChI is InChI=1S/C10H20N2S/c1-2-6-13-7-5-12-10-4-3-9(11)8-10/h2,9-10,12H,1,3-8,11H2. The van der Waals surface area contributed by atoms with E-state index in [9.17, 15) is 0 Å². The lowest BCUT2D eigenvalue weighted by Gasteiger charge is -2.11. The third kappa shape index (κ3) is 4.69. The second-order valence-electron chi connectivity index (χ2n) is 3.59. The molecule has 3 heteroatoms. The first-order chi connectivity index (χ1) is 6.33. The van der Waals surface area contributed by atoms with Crippen LogP contribution in [0.1, 0.15) is 19.3 Å². The largest absolute Gasteiger partial charge is 0.328 e. The molecule has 1 aliphatic carbocycles. The van der Waals surface area contributed by atoms with Crippen molar-refractivity contribution < 1.29 is 0 Å². The predicted octanol–water partition coefficient (Wildman–Crippen LogP) is 1.37. The van der Waals surface area contributed by atoms with E-state index in [1.165, 1.54) is 18.6 Å². The van der Waals surface area contributed by atoms with E-state index in [2.05, 4.69) is 11.9 Å². The topological polar surface area (TPSA) is 38.0 Å². The maximum Gasteiger partial charge on any atom is 0.0111 e. The summed E-state index contributed by atoms with van der Waals surface area (Å²) in [6, 6.07) is 1.12. The second kappa shape index (κ2) is 6.46. The highest BCUT2D eigenvalue weighted by atomic mass is 32.2. The highest BCUT2D eigenvalue weighted by Gasteiger charge is 2.20. The van der Waals surface area contributed by atoms with Crippen LogP contribution in [0.4, 0.5) is 0 Å². The van der Waals surface area contributed by atoms with Crippen molar-refractivity contribution >= 4 is 11.8 Å². The maximum atomic E-state index is 5.82. The number of nitrogens with one attached hydrogen (secondary N) is 1. The number of rotatable bonds is 6. The summed E-state index contributed by atoms with van der Waals surface area (Å²) in [5, 5.41) is 3.54. The molecule has 13 heavy (non-hydrogen) atoms. The van der Waals surface area contributed by atoms with Crippen molar-refractivity contribution in [2.24, 2.45) is 5.73 Å². The first kappa shape index (κ1) is 11.1. The van der Waals surface area contributed by atoms with Crippen molar-refractivity contribution in [2.45, 2.75) is 31.3 Å². The van der Waals surface area contributed by atoms with Gasteiger partial charge in [0.25, 0.3) is 0 Å². The monoisotopic (exact) mass is 200 g/mol. The third-order valence-electron chi connectivity index (χ3n) is 2.39. The Bertz CT molecular complexity index is 150. The fourth-order valence-electron chi connectivity index (χ4n) is 1.70. The smallest absolute Gasteiger partial charge is 0.0111 e. The van der Waals surface area contributed by atoms with Gasteiger partial charge in [-0.2, -0.15) is 11.8 Å². The number of nitrogens with two attached hydrogens (primary N) is 1. The summed E-state index contributed by atoms with van der Waals surface area (Å²) in [6.45, 7) is 4.79. The molecule has 1 fully saturated rings. The molecule has 0 aromatic carbocycles. The molecular weight excluding hydrogens is 180 g/mol. The molecule has 2 unspecified atom stereocenters. The molecule has 76 valence electrons. The van der Waals surface area contributed by atoms with Crippen LogP contribution in [0, 0.1) is 0 Å². The molecule has 0 amide bonds. The Morgan fingerprint density at radius 3 is 3.00 bits per heavy atom. The van der Waals surface area contributed by atoms with E-state index in [4.69, 9.17) is 5.73 Å². The fraction of sp³-hybridized carbons (Fsp3) is 0.800. The van der Waals surface area contributed by atoms with Gasteiger partial charge in [0.05, 0.1) is 0 Å². The fourth-order valence-corrected chi connectivity index (χ4v) is 2.30. The highest BCUT2D eigenvalue weighted by Crippen LogP contribution is 2.16. The zero-order valence-electron chi connectivity index (χ0n) is 8.17. The zero-order chi connectivity index (χ0) is 9.52. The van der Waals surface area contributed by atoms with Crippen LogP contribution < -0.4 is 11.1 Å². The van der Waals surface area contributed by atoms with Crippen LogP contribution in [0.2, 0.25) is 0 Å². The lowest BCUT2D eigenvalue weighted by molar-refractivity contribution is 0.536. The minimum absolute atomic E-state index is 0.443. The predicted molar refractivity (Wildman–Crippen MR) is 61.1 cm³/mol. The number of thioether (sulfide) groups is 1. The van der Waals surface area contributed by atoms with E-state index in [0.717, 1.165) is 18.7 Å². The lowest BCUT2D eigenvalue weighted by Crippen LogP contribution is -2.30. The average molecular weight is 200 g/mol.